The molecule has 2 fully saturated rings. The Morgan fingerprint density at radius 3 is 2.73 bits per heavy atom. The van der Waals surface area contributed by atoms with Crippen molar-refractivity contribution in [3.63, 3.8) is 0 Å². The fourth-order valence-corrected chi connectivity index (χ4v) is 3.99. The van der Waals surface area contributed by atoms with Crippen molar-refractivity contribution < 1.29 is 4.79 Å². The minimum absolute atomic E-state index is 0.0755. The highest BCUT2D eigenvalue weighted by Crippen LogP contribution is 2.17. The van der Waals surface area contributed by atoms with E-state index in [1.807, 2.05) is 25.8 Å². The van der Waals surface area contributed by atoms with Crippen molar-refractivity contribution in [2.45, 2.75) is 71.4 Å². The Hall–Kier alpha value is -1.30. The number of aliphatic imine (C=N–C) groups is 1. The van der Waals surface area contributed by atoms with Crippen molar-refractivity contribution in [3.8, 4) is 0 Å². The molecule has 0 spiro atoms. The Kier molecular flexibility index (Phi) is 8.69. The molecular weight excluding hydrogens is 326 g/mol. The minimum atomic E-state index is 0.0755. The summed E-state index contributed by atoms with van der Waals surface area (Å²) in [5.41, 5.74) is 0. The van der Waals surface area contributed by atoms with Gasteiger partial charge in [0.05, 0.1) is 0 Å². The lowest BCUT2D eigenvalue weighted by molar-refractivity contribution is -0.133. The average Bonchev–Trinajstić information content (AvgIpc) is 3.11. The molecule has 0 bridgehead atoms. The summed E-state index contributed by atoms with van der Waals surface area (Å²) in [5.74, 6) is 1.20. The van der Waals surface area contributed by atoms with Crippen molar-refractivity contribution in [2.24, 2.45) is 10.9 Å². The van der Waals surface area contributed by atoms with Crippen LogP contribution in [0.2, 0.25) is 0 Å². The summed E-state index contributed by atoms with van der Waals surface area (Å²) in [4.78, 5) is 21.2. The summed E-state index contributed by atoms with van der Waals surface area (Å²) in [6.45, 7) is 11.2. The molecule has 0 radical (unpaired) electrons. The maximum atomic E-state index is 12.1. The standard InChI is InChI=1S/C20H39N5O/c1-5-6-11-24-12-8-7-9-18(24)14-22-20(21-4)23-17-10-13-25(15-17)19(26)16(2)3/h16-18H,5-15H2,1-4H3,(H2,21,22,23). The highest BCUT2D eigenvalue weighted by molar-refractivity contribution is 5.81. The van der Waals surface area contributed by atoms with Crippen LogP contribution in [-0.4, -0.2) is 73.5 Å². The maximum Gasteiger partial charge on any atom is 0.225 e. The number of likely N-dealkylation sites (tertiary alicyclic amines) is 2. The molecule has 2 rings (SSSR count). The zero-order valence-electron chi connectivity index (χ0n) is 17.3. The summed E-state index contributed by atoms with van der Waals surface area (Å²) < 4.78 is 0. The van der Waals surface area contributed by atoms with E-state index >= 15 is 0 Å². The zero-order chi connectivity index (χ0) is 18.9. The summed E-state index contributed by atoms with van der Waals surface area (Å²) in [5, 5.41) is 7.05. The average molecular weight is 366 g/mol. The summed E-state index contributed by atoms with van der Waals surface area (Å²) in [6, 6.07) is 0.905. The van der Waals surface area contributed by atoms with Gasteiger partial charge in [-0.25, -0.2) is 0 Å². The Labute approximate surface area is 159 Å². The monoisotopic (exact) mass is 365 g/mol. The van der Waals surface area contributed by atoms with Crippen molar-refractivity contribution in [1.29, 1.82) is 0 Å². The van der Waals surface area contributed by atoms with E-state index in [-0.39, 0.29) is 11.8 Å². The molecule has 0 aromatic heterocycles. The topological polar surface area (TPSA) is 60.0 Å². The molecule has 2 unspecified atom stereocenters. The molecule has 2 heterocycles. The predicted molar refractivity (Wildman–Crippen MR) is 108 cm³/mol. The lowest BCUT2D eigenvalue weighted by atomic mass is 10.0. The van der Waals surface area contributed by atoms with Gasteiger partial charge in [0.1, 0.15) is 0 Å². The lowest BCUT2D eigenvalue weighted by Gasteiger charge is -2.36. The molecule has 2 aliphatic heterocycles. The van der Waals surface area contributed by atoms with Crippen LogP contribution in [0.4, 0.5) is 0 Å². The number of nitrogens with one attached hydrogen (secondary N) is 2. The van der Waals surface area contributed by atoms with Crippen LogP contribution in [0.1, 0.15) is 59.3 Å². The van der Waals surface area contributed by atoms with Crippen LogP contribution in [0.5, 0.6) is 0 Å². The third-order valence-electron chi connectivity index (χ3n) is 5.61. The molecule has 2 N–H and O–H groups in total. The second-order valence-electron chi connectivity index (χ2n) is 8.06. The van der Waals surface area contributed by atoms with Crippen LogP contribution in [0.15, 0.2) is 4.99 Å². The SMILES string of the molecule is CCCCN1CCCCC1CNC(=NC)NC1CCN(C(=O)C(C)C)C1. The van der Waals surface area contributed by atoms with Gasteiger partial charge in [-0.05, 0) is 38.8 Å². The number of carbonyl (C=O) groups excluding carboxylic acids is 1. The van der Waals surface area contributed by atoms with Crippen LogP contribution in [0.3, 0.4) is 0 Å². The molecule has 150 valence electrons. The van der Waals surface area contributed by atoms with Crippen LogP contribution in [-0.2, 0) is 4.79 Å². The van der Waals surface area contributed by atoms with Gasteiger partial charge in [0.15, 0.2) is 5.96 Å². The number of amides is 1. The second kappa shape index (κ2) is 10.8. The summed E-state index contributed by atoms with van der Waals surface area (Å²) in [6.07, 6.45) is 7.46. The molecule has 2 aliphatic rings. The molecule has 0 saturated carbocycles. The normalized spacial score (nSPS) is 25.0. The maximum absolute atomic E-state index is 12.1. The van der Waals surface area contributed by atoms with Gasteiger partial charge in [0.25, 0.3) is 0 Å². The van der Waals surface area contributed by atoms with Gasteiger partial charge in [-0.1, -0.05) is 33.6 Å². The van der Waals surface area contributed by atoms with E-state index in [9.17, 15) is 4.79 Å². The van der Waals surface area contributed by atoms with Crippen molar-refractivity contribution in [2.75, 3.05) is 39.8 Å². The lowest BCUT2D eigenvalue weighted by Crippen LogP contribution is -2.51. The Balaban J connectivity index is 1.78. The number of rotatable bonds is 7. The quantitative estimate of drug-likeness (QED) is 0.536. The Morgan fingerprint density at radius 1 is 1.23 bits per heavy atom. The Morgan fingerprint density at radius 2 is 2.04 bits per heavy atom. The molecule has 2 atom stereocenters. The third kappa shape index (κ3) is 6.15. The molecule has 2 saturated heterocycles. The van der Waals surface area contributed by atoms with Gasteiger partial charge in [0, 0.05) is 44.7 Å². The van der Waals surface area contributed by atoms with Crippen LogP contribution in [0, 0.1) is 5.92 Å². The third-order valence-corrected chi connectivity index (χ3v) is 5.61. The molecule has 1 amide bonds. The first-order valence-corrected chi connectivity index (χ1v) is 10.5. The van der Waals surface area contributed by atoms with E-state index in [0.29, 0.717) is 12.1 Å². The molecule has 0 aromatic carbocycles. The summed E-state index contributed by atoms with van der Waals surface area (Å²) in [7, 11) is 1.83. The van der Waals surface area contributed by atoms with Crippen molar-refractivity contribution in [3.05, 3.63) is 0 Å². The van der Waals surface area contributed by atoms with E-state index < -0.39 is 0 Å². The van der Waals surface area contributed by atoms with Gasteiger partial charge in [-0.2, -0.15) is 0 Å². The number of guanidine groups is 1. The smallest absolute Gasteiger partial charge is 0.225 e. The van der Waals surface area contributed by atoms with Gasteiger partial charge < -0.3 is 15.5 Å². The predicted octanol–water partition coefficient (Wildman–Crippen LogP) is 2.06. The first-order valence-electron chi connectivity index (χ1n) is 10.5. The second-order valence-corrected chi connectivity index (χ2v) is 8.06. The highest BCUT2D eigenvalue weighted by atomic mass is 16.2. The molecule has 26 heavy (non-hydrogen) atoms. The number of hydrogen-bond donors (Lipinski definition) is 2. The van der Waals surface area contributed by atoms with Crippen LogP contribution >= 0.6 is 0 Å². The highest BCUT2D eigenvalue weighted by Gasteiger charge is 2.28. The number of carbonyl (C=O) groups is 1. The van der Waals surface area contributed by atoms with Crippen molar-refractivity contribution >= 4 is 11.9 Å². The Bertz CT molecular complexity index is 465. The van der Waals surface area contributed by atoms with Gasteiger partial charge in [-0.3, -0.25) is 14.7 Å². The fraction of sp³-hybridized carbons (Fsp3) is 0.900. The van der Waals surface area contributed by atoms with Gasteiger partial charge in [-0.15, -0.1) is 0 Å². The first kappa shape index (κ1) is 21.0. The van der Waals surface area contributed by atoms with Crippen LogP contribution in [0.25, 0.3) is 0 Å². The van der Waals surface area contributed by atoms with Gasteiger partial charge in [0.2, 0.25) is 5.91 Å². The number of hydrogen-bond acceptors (Lipinski definition) is 3. The fourth-order valence-electron chi connectivity index (χ4n) is 3.99. The van der Waals surface area contributed by atoms with E-state index in [1.54, 1.807) is 0 Å². The number of unbranched alkanes of at least 4 members (excludes halogenated alkanes) is 1. The first-order chi connectivity index (χ1) is 12.5. The zero-order valence-corrected chi connectivity index (χ0v) is 17.3. The van der Waals surface area contributed by atoms with Gasteiger partial charge >= 0.3 is 0 Å². The van der Waals surface area contributed by atoms with Crippen LogP contribution < -0.4 is 10.6 Å². The number of piperidine rings is 1. The molecule has 6 nitrogen and oxygen atoms in total. The van der Waals surface area contributed by atoms with E-state index in [1.165, 1.54) is 45.2 Å². The summed E-state index contributed by atoms with van der Waals surface area (Å²) >= 11 is 0. The van der Waals surface area contributed by atoms with Crippen molar-refractivity contribution in [1.82, 2.24) is 20.4 Å². The minimum Gasteiger partial charge on any atom is -0.355 e. The molecule has 0 aromatic rings. The molecule has 0 aliphatic carbocycles. The van der Waals surface area contributed by atoms with E-state index in [2.05, 4.69) is 27.4 Å². The van der Waals surface area contributed by atoms with E-state index in [4.69, 9.17) is 0 Å². The molecular formula is C20H39N5O. The number of nitrogens with zero attached hydrogens (tertiary/aromatic N) is 3. The van der Waals surface area contributed by atoms with E-state index in [0.717, 1.165) is 32.0 Å². The largest absolute Gasteiger partial charge is 0.355 e. The molecule has 6 heteroatoms.